The summed E-state index contributed by atoms with van der Waals surface area (Å²) in [7, 11) is 1.54. The van der Waals surface area contributed by atoms with Crippen LogP contribution in [0.25, 0.3) is 0 Å². The summed E-state index contributed by atoms with van der Waals surface area (Å²) in [5.74, 6) is 0.229. The molecule has 7 heteroatoms. The lowest BCUT2D eigenvalue weighted by Crippen LogP contribution is -2.51. The topological polar surface area (TPSA) is 56.8 Å². The summed E-state index contributed by atoms with van der Waals surface area (Å²) in [5, 5.41) is 3.81. The third-order valence-electron chi connectivity index (χ3n) is 2.90. The Balaban J connectivity index is 2.67. The van der Waals surface area contributed by atoms with Gasteiger partial charge in [0, 0.05) is 17.2 Å². The fourth-order valence-electron chi connectivity index (χ4n) is 1.91. The van der Waals surface area contributed by atoms with Gasteiger partial charge in [-0.25, -0.2) is 0 Å². The Morgan fingerprint density at radius 1 is 1.26 bits per heavy atom. The van der Waals surface area contributed by atoms with E-state index in [-0.39, 0.29) is 12.7 Å². The summed E-state index contributed by atoms with van der Waals surface area (Å²) in [6.07, 6.45) is -0.142. The lowest BCUT2D eigenvalue weighted by molar-refractivity contribution is -0.131. The largest absolute Gasteiger partial charge is 0.481 e. The van der Waals surface area contributed by atoms with Gasteiger partial charge in [0.05, 0.1) is 12.1 Å². The molecule has 0 aromatic heterocycles. The van der Waals surface area contributed by atoms with Crippen molar-refractivity contribution in [1.29, 1.82) is 0 Å². The molecule has 1 atom stereocenters. The Labute approximate surface area is 147 Å². The first-order chi connectivity index (χ1) is 10.8. The number of methoxy groups -OCH3 is 1. The highest BCUT2D eigenvalue weighted by atomic mass is 35.5. The summed E-state index contributed by atoms with van der Waals surface area (Å²) in [6, 6.07) is 4.85. The second-order valence-corrected chi connectivity index (χ2v) is 6.62. The fraction of sp³-hybridized carbons (Fsp3) is 0.562. The summed E-state index contributed by atoms with van der Waals surface area (Å²) >= 11 is 11.9. The molecule has 0 spiro atoms. The number of carbonyl (C=O) groups is 1. The van der Waals surface area contributed by atoms with Crippen LogP contribution < -0.4 is 10.1 Å². The molecule has 1 unspecified atom stereocenters. The minimum atomic E-state index is -0.647. The maximum Gasteiger partial charge on any atom is 0.261 e. The highest BCUT2D eigenvalue weighted by molar-refractivity contribution is 6.34. The number of amides is 1. The predicted molar refractivity (Wildman–Crippen MR) is 91.2 cm³/mol. The molecule has 130 valence electrons. The molecule has 0 radical (unpaired) electrons. The SMILES string of the molecule is CCC(Oc1cc(Cl)cc(Cl)c1)C(=O)NC(C)(C)COCOC. The molecular formula is C16H23Cl2NO4. The zero-order valence-electron chi connectivity index (χ0n) is 13.8. The highest BCUT2D eigenvalue weighted by Gasteiger charge is 2.26. The number of hydrogen-bond donors (Lipinski definition) is 1. The molecule has 1 aromatic carbocycles. The van der Waals surface area contributed by atoms with E-state index in [4.69, 9.17) is 37.4 Å². The van der Waals surface area contributed by atoms with Gasteiger partial charge in [-0.2, -0.15) is 0 Å². The van der Waals surface area contributed by atoms with Crippen LogP contribution in [0.15, 0.2) is 18.2 Å². The van der Waals surface area contributed by atoms with Crippen molar-refractivity contribution in [2.45, 2.75) is 38.8 Å². The van der Waals surface area contributed by atoms with Gasteiger partial charge in [0.1, 0.15) is 12.5 Å². The van der Waals surface area contributed by atoms with Crippen molar-refractivity contribution in [2.24, 2.45) is 0 Å². The number of ether oxygens (including phenoxy) is 3. The van der Waals surface area contributed by atoms with Gasteiger partial charge in [-0.15, -0.1) is 0 Å². The van der Waals surface area contributed by atoms with Crippen LogP contribution in [-0.2, 0) is 14.3 Å². The lowest BCUT2D eigenvalue weighted by Gasteiger charge is -2.28. The van der Waals surface area contributed by atoms with E-state index >= 15 is 0 Å². The molecule has 0 bridgehead atoms. The summed E-state index contributed by atoms with van der Waals surface area (Å²) in [4.78, 5) is 12.4. The molecule has 0 heterocycles. The molecule has 0 aliphatic rings. The number of hydrogen-bond acceptors (Lipinski definition) is 4. The number of halogens is 2. The van der Waals surface area contributed by atoms with Crippen molar-refractivity contribution < 1.29 is 19.0 Å². The molecular weight excluding hydrogens is 341 g/mol. The Morgan fingerprint density at radius 2 is 1.87 bits per heavy atom. The van der Waals surface area contributed by atoms with Crippen LogP contribution in [0.1, 0.15) is 27.2 Å². The zero-order chi connectivity index (χ0) is 17.5. The van der Waals surface area contributed by atoms with E-state index in [0.29, 0.717) is 28.8 Å². The van der Waals surface area contributed by atoms with Gasteiger partial charge in [-0.1, -0.05) is 30.1 Å². The van der Waals surface area contributed by atoms with E-state index in [9.17, 15) is 4.79 Å². The normalized spacial score (nSPS) is 12.8. The van der Waals surface area contributed by atoms with E-state index in [1.807, 2.05) is 20.8 Å². The molecule has 0 saturated heterocycles. The Hall–Kier alpha value is -1.01. The van der Waals surface area contributed by atoms with Crippen LogP contribution in [0.2, 0.25) is 10.0 Å². The highest BCUT2D eigenvalue weighted by Crippen LogP contribution is 2.25. The van der Waals surface area contributed by atoms with Gasteiger partial charge in [0.15, 0.2) is 6.10 Å². The Bertz CT molecular complexity index is 503. The Morgan fingerprint density at radius 3 is 2.39 bits per heavy atom. The van der Waals surface area contributed by atoms with Crippen molar-refractivity contribution in [3.8, 4) is 5.75 Å². The third kappa shape index (κ3) is 7.40. The van der Waals surface area contributed by atoms with E-state index in [1.54, 1.807) is 25.3 Å². The number of carbonyl (C=O) groups excluding carboxylic acids is 1. The van der Waals surface area contributed by atoms with Crippen LogP contribution in [0.4, 0.5) is 0 Å². The first kappa shape index (κ1) is 20.0. The molecule has 23 heavy (non-hydrogen) atoms. The van der Waals surface area contributed by atoms with Crippen molar-refractivity contribution in [1.82, 2.24) is 5.32 Å². The molecule has 0 saturated carbocycles. The van der Waals surface area contributed by atoms with E-state index in [0.717, 1.165) is 0 Å². The second kappa shape index (κ2) is 9.33. The molecule has 1 amide bonds. The number of nitrogens with one attached hydrogen (secondary N) is 1. The van der Waals surface area contributed by atoms with Crippen LogP contribution in [0, 0.1) is 0 Å². The maximum atomic E-state index is 12.4. The van der Waals surface area contributed by atoms with Gasteiger partial charge in [0.25, 0.3) is 5.91 Å². The summed E-state index contributed by atoms with van der Waals surface area (Å²) in [5.41, 5.74) is -0.543. The first-order valence-corrected chi connectivity index (χ1v) is 8.04. The smallest absolute Gasteiger partial charge is 0.261 e. The minimum Gasteiger partial charge on any atom is -0.481 e. The van der Waals surface area contributed by atoms with E-state index in [2.05, 4.69) is 5.32 Å². The molecule has 1 aromatic rings. The monoisotopic (exact) mass is 363 g/mol. The van der Waals surface area contributed by atoms with E-state index in [1.165, 1.54) is 0 Å². The Kier molecular flexibility index (Phi) is 8.12. The number of rotatable bonds is 9. The zero-order valence-corrected chi connectivity index (χ0v) is 15.3. The van der Waals surface area contributed by atoms with Crippen molar-refractivity contribution in [2.75, 3.05) is 20.5 Å². The van der Waals surface area contributed by atoms with Gasteiger partial charge < -0.3 is 19.5 Å². The predicted octanol–water partition coefficient (Wildman–Crippen LogP) is 3.67. The van der Waals surface area contributed by atoms with E-state index < -0.39 is 11.6 Å². The second-order valence-electron chi connectivity index (χ2n) is 5.75. The van der Waals surface area contributed by atoms with Crippen LogP contribution in [-0.4, -0.2) is 38.1 Å². The van der Waals surface area contributed by atoms with Crippen molar-refractivity contribution in [3.05, 3.63) is 28.2 Å². The van der Waals surface area contributed by atoms with Crippen LogP contribution >= 0.6 is 23.2 Å². The van der Waals surface area contributed by atoms with Gasteiger partial charge >= 0.3 is 0 Å². The van der Waals surface area contributed by atoms with Crippen LogP contribution in [0.3, 0.4) is 0 Å². The molecule has 5 nitrogen and oxygen atoms in total. The fourth-order valence-corrected chi connectivity index (χ4v) is 2.42. The standard InChI is InChI=1S/C16H23Cl2NO4/c1-5-14(23-13-7-11(17)6-12(18)8-13)15(20)19-16(2,3)9-22-10-21-4/h6-8,14H,5,9-10H2,1-4H3,(H,19,20). The quantitative estimate of drug-likeness (QED) is 0.537. The third-order valence-corrected chi connectivity index (χ3v) is 3.34. The minimum absolute atomic E-state index is 0.175. The van der Waals surface area contributed by atoms with Gasteiger partial charge in [0.2, 0.25) is 0 Å². The molecule has 1 rings (SSSR count). The summed E-state index contributed by atoms with van der Waals surface area (Å²) in [6.45, 7) is 6.10. The summed E-state index contributed by atoms with van der Waals surface area (Å²) < 4.78 is 15.8. The maximum absolute atomic E-state index is 12.4. The first-order valence-electron chi connectivity index (χ1n) is 7.29. The molecule has 0 aliphatic carbocycles. The van der Waals surface area contributed by atoms with Crippen molar-refractivity contribution >= 4 is 29.1 Å². The molecule has 0 aliphatic heterocycles. The average Bonchev–Trinajstić information content (AvgIpc) is 2.43. The van der Waals surface area contributed by atoms with Gasteiger partial charge in [-0.05, 0) is 38.5 Å². The molecule has 1 N–H and O–H groups in total. The lowest BCUT2D eigenvalue weighted by atomic mass is 10.1. The van der Waals surface area contributed by atoms with Crippen molar-refractivity contribution in [3.63, 3.8) is 0 Å². The van der Waals surface area contributed by atoms with Gasteiger partial charge in [-0.3, -0.25) is 4.79 Å². The molecule has 0 fully saturated rings. The number of benzene rings is 1. The van der Waals surface area contributed by atoms with Crippen LogP contribution in [0.5, 0.6) is 5.75 Å². The average molecular weight is 364 g/mol.